The summed E-state index contributed by atoms with van der Waals surface area (Å²) < 4.78 is 42.2. The molecule has 0 aliphatic rings. The van der Waals surface area contributed by atoms with Gasteiger partial charge in [-0.15, -0.1) is 10.2 Å². The van der Waals surface area contributed by atoms with E-state index in [4.69, 9.17) is 4.74 Å². The summed E-state index contributed by atoms with van der Waals surface area (Å²) in [5.41, 5.74) is 0. The van der Waals surface area contributed by atoms with Gasteiger partial charge in [0.25, 0.3) is 0 Å². The highest BCUT2D eigenvalue weighted by atomic mass is 32.1. The maximum atomic E-state index is 12.3. The SMILES string of the molecule is FC(F)(F)c1nnc(NCCOc2ccccc2)s1. The summed E-state index contributed by atoms with van der Waals surface area (Å²) in [5, 5.41) is 8.37. The summed E-state index contributed by atoms with van der Waals surface area (Å²) in [4.78, 5) is 0. The zero-order valence-corrected chi connectivity index (χ0v) is 10.5. The zero-order valence-electron chi connectivity index (χ0n) is 9.65. The van der Waals surface area contributed by atoms with Crippen LogP contribution in [0.4, 0.5) is 18.3 Å². The fourth-order valence-electron chi connectivity index (χ4n) is 1.25. The lowest BCUT2D eigenvalue weighted by atomic mass is 10.3. The van der Waals surface area contributed by atoms with Crippen molar-refractivity contribution < 1.29 is 17.9 Å². The molecule has 0 aliphatic carbocycles. The molecule has 19 heavy (non-hydrogen) atoms. The number of nitrogens with one attached hydrogen (secondary N) is 1. The van der Waals surface area contributed by atoms with E-state index >= 15 is 0 Å². The fraction of sp³-hybridized carbons (Fsp3) is 0.273. The van der Waals surface area contributed by atoms with Crippen molar-refractivity contribution in [2.24, 2.45) is 0 Å². The number of hydrogen-bond donors (Lipinski definition) is 1. The molecule has 1 N–H and O–H groups in total. The number of rotatable bonds is 5. The van der Waals surface area contributed by atoms with E-state index in [1.165, 1.54) is 0 Å². The van der Waals surface area contributed by atoms with Crippen LogP contribution in [-0.4, -0.2) is 23.3 Å². The van der Waals surface area contributed by atoms with Gasteiger partial charge in [-0.1, -0.05) is 29.5 Å². The highest BCUT2D eigenvalue weighted by molar-refractivity contribution is 7.15. The number of ether oxygens (including phenoxy) is 1. The first-order valence-corrected chi connectivity index (χ1v) is 6.20. The maximum absolute atomic E-state index is 12.3. The monoisotopic (exact) mass is 289 g/mol. The lowest BCUT2D eigenvalue weighted by Crippen LogP contribution is -2.11. The van der Waals surface area contributed by atoms with Crippen molar-refractivity contribution in [3.05, 3.63) is 35.3 Å². The van der Waals surface area contributed by atoms with Crippen LogP contribution in [0.3, 0.4) is 0 Å². The molecule has 2 rings (SSSR count). The number of nitrogens with zero attached hydrogens (tertiary/aromatic N) is 2. The van der Waals surface area contributed by atoms with E-state index < -0.39 is 11.2 Å². The molecule has 4 nitrogen and oxygen atoms in total. The van der Waals surface area contributed by atoms with Crippen LogP contribution in [-0.2, 0) is 6.18 Å². The van der Waals surface area contributed by atoms with Gasteiger partial charge in [-0.05, 0) is 12.1 Å². The van der Waals surface area contributed by atoms with Crippen LogP contribution in [0.1, 0.15) is 5.01 Å². The van der Waals surface area contributed by atoms with E-state index in [2.05, 4.69) is 15.5 Å². The van der Waals surface area contributed by atoms with Gasteiger partial charge in [0.1, 0.15) is 12.4 Å². The number of aromatic nitrogens is 2. The second-order valence-electron chi connectivity index (χ2n) is 3.50. The van der Waals surface area contributed by atoms with Crippen LogP contribution in [0.2, 0.25) is 0 Å². The molecule has 0 unspecified atom stereocenters. The van der Waals surface area contributed by atoms with Gasteiger partial charge in [-0.2, -0.15) is 13.2 Å². The highest BCUT2D eigenvalue weighted by Gasteiger charge is 2.35. The van der Waals surface area contributed by atoms with Crippen LogP contribution < -0.4 is 10.1 Å². The Morgan fingerprint density at radius 2 is 1.89 bits per heavy atom. The number of benzene rings is 1. The van der Waals surface area contributed by atoms with Crippen molar-refractivity contribution in [1.29, 1.82) is 0 Å². The van der Waals surface area contributed by atoms with Crippen molar-refractivity contribution in [3.63, 3.8) is 0 Å². The molecule has 0 radical (unpaired) electrons. The lowest BCUT2D eigenvalue weighted by Gasteiger charge is -2.05. The van der Waals surface area contributed by atoms with E-state index in [0.717, 1.165) is 0 Å². The molecule has 2 aromatic rings. The van der Waals surface area contributed by atoms with E-state index in [1.54, 1.807) is 12.1 Å². The minimum atomic E-state index is -4.45. The number of alkyl halides is 3. The molecule has 1 aromatic carbocycles. The number of halogens is 3. The van der Waals surface area contributed by atoms with Crippen LogP contribution in [0.15, 0.2) is 30.3 Å². The summed E-state index contributed by atoms with van der Waals surface area (Å²) in [6.07, 6.45) is -4.45. The van der Waals surface area contributed by atoms with Gasteiger partial charge in [0.15, 0.2) is 0 Å². The summed E-state index contributed by atoms with van der Waals surface area (Å²) in [6.45, 7) is 0.673. The van der Waals surface area contributed by atoms with Crippen LogP contribution >= 0.6 is 11.3 Å². The molecule has 0 aliphatic heterocycles. The topological polar surface area (TPSA) is 47.0 Å². The van der Waals surface area contributed by atoms with E-state index in [0.29, 0.717) is 30.2 Å². The lowest BCUT2D eigenvalue weighted by molar-refractivity contribution is -0.138. The predicted molar refractivity (Wildman–Crippen MR) is 65.3 cm³/mol. The average molecular weight is 289 g/mol. The van der Waals surface area contributed by atoms with E-state index in [9.17, 15) is 13.2 Å². The minimum absolute atomic E-state index is 0.129. The molecule has 0 saturated carbocycles. The van der Waals surface area contributed by atoms with Crippen molar-refractivity contribution >= 4 is 16.5 Å². The molecule has 0 spiro atoms. The zero-order chi connectivity index (χ0) is 13.7. The number of hydrogen-bond acceptors (Lipinski definition) is 5. The first-order chi connectivity index (χ1) is 9.05. The molecule has 0 saturated heterocycles. The Hall–Kier alpha value is -1.83. The second-order valence-corrected chi connectivity index (χ2v) is 4.48. The molecule has 1 heterocycles. The maximum Gasteiger partial charge on any atom is 0.445 e. The summed E-state index contributed by atoms with van der Waals surface area (Å²) >= 11 is 0.472. The first-order valence-electron chi connectivity index (χ1n) is 5.38. The molecule has 102 valence electrons. The third-order valence-corrected chi connectivity index (χ3v) is 2.98. The largest absolute Gasteiger partial charge is 0.492 e. The van der Waals surface area contributed by atoms with Gasteiger partial charge in [0, 0.05) is 0 Å². The highest BCUT2D eigenvalue weighted by Crippen LogP contribution is 2.32. The molecular weight excluding hydrogens is 279 g/mol. The van der Waals surface area contributed by atoms with Gasteiger partial charge < -0.3 is 10.1 Å². The van der Waals surface area contributed by atoms with Gasteiger partial charge in [-0.25, -0.2) is 0 Å². The Balaban J connectivity index is 1.76. The Kier molecular flexibility index (Phi) is 4.20. The standard InChI is InChI=1S/C11H10F3N3OS/c12-11(13,14)9-16-17-10(19-9)15-6-7-18-8-4-2-1-3-5-8/h1-5H,6-7H2,(H,15,17). The Bertz CT molecular complexity index is 515. The number of para-hydroxylation sites is 1. The summed E-state index contributed by atoms with van der Waals surface area (Å²) in [7, 11) is 0. The van der Waals surface area contributed by atoms with Crippen LogP contribution in [0.5, 0.6) is 5.75 Å². The van der Waals surface area contributed by atoms with Crippen LogP contribution in [0.25, 0.3) is 0 Å². The average Bonchev–Trinajstić information content (AvgIpc) is 2.85. The van der Waals surface area contributed by atoms with Gasteiger partial charge in [0.05, 0.1) is 6.54 Å². The summed E-state index contributed by atoms with van der Waals surface area (Å²) in [5.74, 6) is 0.706. The first kappa shape index (κ1) is 13.6. The molecule has 0 amide bonds. The third-order valence-electron chi connectivity index (χ3n) is 2.06. The quantitative estimate of drug-likeness (QED) is 0.859. The van der Waals surface area contributed by atoms with Crippen molar-refractivity contribution in [2.75, 3.05) is 18.5 Å². The molecular formula is C11H10F3N3OS. The predicted octanol–water partition coefficient (Wildman–Crippen LogP) is 3.05. The Morgan fingerprint density at radius 1 is 1.16 bits per heavy atom. The second kappa shape index (κ2) is 5.87. The molecule has 0 fully saturated rings. The molecule has 0 atom stereocenters. The smallest absolute Gasteiger partial charge is 0.445 e. The molecule has 1 aromatic heterocycles. The van der Waals surface area contributed by atoms with E-state index in [1.807, 2.05) is 18.2 Å². The van der Waals surface area contributed by atoms with Crippen molar-refractivity contribution in [3.8, 4) is 5.75 Å². The van der Waals surface area contributed by atoms with E-state index in [-0.39, 0.29) is 5.13 Å². The summed E-state index contributed by atoms with van der Waals surface area (Å²) in [6, 6.07) is 9.14. The van der Waals surface area contributed by atoms with Gasteiger partial charge in [-0.3, -0.25) is 0 Å². The molecule has 0 bridgehead atoms. The minimum Gasteiger partial charge on any atom is -0.492 e. The van der Waals surface area contributed by atoms with Crippen molar-refractivity contribution in [1.82, 2.24) is 10.2 Å². The third kappa shape index (κ3) is 4.09. The normalized spacial score (nSPS) is 11.3. The number of anilines is 1. The van der Waals surface area contributed by atoms with Gasteiger partial charge in [0.2, 0.25) is 10.1 Å². The van der Waals surface area contributed by atoms with Crippen molar-refractivity contribution in [2.45, 2.75) is 6.18 Å². The van der Waals surface area contributed by atoms with Gasteiger partial charge >= 0.3 is 6.18 Å². The molecule has 8 heteroatoms. The van der Waals surface area contributed by atoms with Crippen LogP contribution in [0, 0.1) is 0 Å². The Morgan fingerprint density at radius 3 is 2.53 bits per heavy atom. The Labute approximate surface area is 111 Å². The fourth-order valence-corrected chi connectivity index (χ4v) is 1.89.